The topological polar surface area (TPSA) is 69.4 Å². The van der Waals surface area contributed by atoms with Gasteiger partial charge in [0.2, 0.25) is 10.0 Å². The van der Waals surface area contributed by atoms with Crippen molar-refractivity contribution in [2.24, 2.45) is 5.14 Å². The van der Waals surface area contributed by atoms with Crippen LogP contribution in [0.4, 0.5) is 0 Å². The Kier molecular flexibility index (Phi) is 4.64. The molecule has 0 fully saturated rings. The highest BCUT2D eigenvalue weighted by molar-refractivity contribution is 7.88. The van der Waals surface area contributed by atoms with E-state index in [1.54, 1.807) is 12.1 Å². The molecule has 1 unspecified atom stereocenters. The third kappa shape index (κ3) is 3.50. The van der Waals surface area contributed by atoms with Gasteiger partial charge < -0.3 is 4.74 Å². The van der Waals surface area contributed by atoms with Gasteiger partial charge in [0.05, 0.1) is 5.75 Å². The number of hydrogen-bond acceptors (Lipinski definition) is 3. The fourth-order valence-corrected chi connectivity index (χ4v) is 4.36. The Labute approximate surface area is 169 Å². The van der Waals surface area contributed by atoms with Gasteiger partial charge in [-0.25, -0.2) is 13.6 Å². The molecule has 1 atom stereocenters. The maximum atomic E-state index is 11.6. The predicted octanol–water partition coefficient (Wildman–Crippen LogP) is 4.26. The first-order chi connectivity index (χ1) is 13.4. The number of primary sulfonamides is 1. The summed E-state index contributed by atoms with van der Waals surface area (Å²) in [6, 6.07) is 18.4. The Balaban J connectivity index is 1.95. The van der Waals surface area contributed by atoms with Crippen LogP contribution in [-0.4, -0.2) is 8.42 Å². The number of rotatable bonds is 3. The maximum Gasteiger partial charge on any atom is 0.213 e. The van der Waals surface area contributed by atoms with Crippen LogP contribution in [-0.2, 0) is 15.8 Å². The van der Waals surface area contributed by atoms with Crippen LogP contribution in [0.3, 0.4) is 0 Å². The molecule has 0 spiro atoms. The fourth-order valence-electron chi connectivity index (χ4n) is 3.51. The number of benzene rings is 3. The summed E-state index contributed by atoms with van der Waals surface area (Å²) in [4.78, 5) is 0. The minimum atomic E-state index is -3.66. The van der Waals surface area contributed by atoms with Gasteiger partial charge in [-0.1, -0.05) is 53.9 Å². The van der Waals surface area contributed by atoms with E-state index in [1.165, 1.54) is 0 Å². The molecule has 28 heavy (non-hydrogen) atoms. The quantitative estimate of drug-likeness (QED) is 0.657. The average molecular weight is 410 g/mol. The van der Waals surface area contributed by atoms with E-state index in [4.69, 9.17) is 27.9 Å². The van der Waals surface area contributed by atoms with Crippen molar-refractivity contribution in [2.45, 2.75) is 11.9 Å². The second kappa shape index (κ2) is 6.99. The molecule has 4 rings (SSSR count). The van der Waals surface area contributed by atoms with E-state index in [0.717, 1.165) is 22.3 Å². The van der Waals surface area contributed by atoms with E-state index in [9.17, 15) is 8.42 Å². The minimum Gasteiger partial charge on any atom is -0.480 e. The Hall–Kier alpha value is -2.78. The summed E-state index contributed by atoms with van der Waals surface area (Å²) >= 11 is 6.18. The first-order valence-corrected chi connectivity index (χ1v) is 10.6. The molecular formula is C22H16ClNO3S. The van der Waals surface area contributed by atoms with Crippen molar-refractivity contribution in [1.29, 1.82) is 0 Å². The van der Waals surface area contributed by atoms with E-state index >= 15 is 0 Å². The van der Waals surface area contributed by atoms with Gasteiger partial charge in [-0.15, -0.1) is 6.42 Å². The Morgan fingerprint density at radius 3 is 2.61 bits per heavy atom. The molecule has 1 aliphatic heterocycles. The molecule has 6 heteroatoms. The molecule has 4 nitrogen and oxygen atoms in total. The van der Waals surface area contributed by atoms with Crippen LogP contribution < -0.4 is 9.88 Å². The van der Waals surface area contributed by atoms with Crippen molar-refractivity contribution < 1.29 is 13.2 Å². The van der Waals surface area contributed by atoms with Crippen LogP contribution in [0, 0.1) is 12.3 Å². The van der Waals surface area contributed by atoms with Gasteiger partial charge in [-0.3, -0.25) is 0 Å². The van der Waals surface area contributed by atoms with Crippen molar-refractivity contribution in [3.63, 3.8) is 0 Å². The van der Waals surface area contributed by atoms with Crippen LogP contribution in [0.15, 0.2) is 60.7 Å². The van der Waals surface area contributed by atoms with Gasteiger partial charge in [-0.2, -0.15) is 0 Å². The van der Waals surface area contributed by atoms with Crippen LogP contribution >= 0.6 is 11.6 Å². The molecule has 3 aromatic rings. The van der Waals surface area contributed by atoms with Gasteiger partial charge in [0.1, 0.15) is 11.9 Å². The lowest BCUT2D eigenvalue weighted by molar-refractivity contribution is 0.243. The van der Waals surface area contributed by atoms with Crippen LogP contribution in [0.2, 0.25) is 5.02 Å². The lowest BCUT2D eigenvalue weighted by Gasteiger charge is -2.30. The van der Waals surface area contributed by atoms with Gasteiger partial charge in [0.25, 0.3) is 0 Å². The van der Waals surface area contributed by atoms with Gasteiger partial charge in [0.15, 0.2) is 0 Å². The summed E-state index contributed by atoms with van der Waals surface area (Å²) < 4.78 is 29.4. The van der Waals surface area contributed by atoms with E-state index in [2.05, 4.69) is 5.92 Å². The number of nitrogens with two attached hydrogens (primary N) is 1. The number of sulfonamides is 1. The van der Waals surface area contributed by atoms with Crippen molar-refractivity contribution in [1.82, 2.24) is 0 Å². The van der Waals surface area contributed by atoms with Crippen molar-refractivity contribution in [3.8, 4) is 29.2 Å². The molecule has 1 aliphatic rings. The third-order valence-corrected chi connectivity index (χ3v) is 5.58. The summed E-state index contributed by atoms with van der Waals surface area (Å²) in [5.41, 5.74) is 4.69. The molecular weight excluding hydrogens is 394 g/mol. The van der Waals surface area contributed by atoms with Gasteiger partial charge in [-0.05, 0) is 41.0 Å². The van der Waals surface area contributed by atoms with Crippen LogP contribution in [0.5, 0.6) is 5.75 Å². The van der Waals surface area contributed by atoms with E-state index < -0.39 is 16.1 Å². The highest BCUT2D eigenvalue weighted by atomic mass is 35.5. The second-order valence-corrected chi connectivity index (χ2v) is 8.66. The van der Waals surface area contributed by atoms with Crippen molar-refractivity contribution in [3.05, 3.63) is 87.9 Å². The second-order valence-electron chi connectivity index (χ2n) is 6.60. The Morgan fingerprint density at radius 1 is 1.11 bits per heavy atom. The Bertz CT molecular complexity index is 1230. The summed E-state index contributed by atoms with van der Waals surface area (Å²) in [5.74, 6) is 3.11. The monoisotopic (exact) mass is 409 g/mol. The molecule has 0 saturated carbocycles. The highest BCUT2D eigenvalue weighted by Crippen LogP contribution is 2.46. The SMILES string of the molecule is C#Cc1cccc2c1-c1ccc(CS(N)(=O)=O)cc1C(c1cccc(Cl)c1)O2. The van der Waals surface area contributed by atoms with Gasteiger partial charge in [0, 0.05) is 21.7 Å². The van der Waals surface area contributed by atoms with Crippen LogP contribution in [0.1, 0.15) is 28.4 Å². The van der Waals surface area contributed by atoms with Crippen molar-refractivity contribution >= 4 is 21.6 Å². The van der Waals surface area contributed by atoms with E-state index in [-0.39, 0.29) is 5.75 Å². The summed E-state index contributed by atoms with van der Waals surface area (Å²) in [6.07, 6.45) is 5.24. The summed E-state index contributed by atoms with van der Waals surface area (Å²) in [5, 5.41) is 5.82. The first kappa shape index (κ1) is 18.6. The molecule has 0 saturated heterocycles. The van der Waals surface area contributed by atoms with Crippen LogP contribution in [0.25, 0.3) is 11.1 Å². The predicted molar refractivity (Wildman–Crippen MR) is 111 cm³/mol. The van der Waals surface area contributed by atoms with Crippen molar-refractivity contribution in [2.75, 3.05) is 0 Å². The largest absolute Gasteiger partial charge is 0.480 e. The first-order valence-electron chi connectivity index (χ1n) is 8.51. The number of hydrogen-bond donors (Lipinski definition) is 1. The summed E-state index contributed by atoms with van der Waals surface area (Å²) in [7, 11) is -3.66. The van der Waals surface area contributed by atoms with E-state index in [0.29, 0.717) is 21.9 Å². The van der Waals surface area contributed by atoms with Gasteiger partial charge >= 0.3 is 0 Å². The molecule has 0 amide bonds. The maximum absolute atomic E-state index is 11.6. The lowest BCUT2D eigenvalue weighted by atomic mass is 9.86. The number of fused-ring (bicyclic) bond motifs is 3. The molecule has 2 N–H and O–H groups in total. The zero-order chi connectivity index (χ0) is 19.9. The summed E-state index contributed by atoms with van der Waals surface area (Å²) in [6.45, 7) is 0. The fraction of sp³-hybridized carbons (Fsp3) is 0.0909. The molecule has 0 bridgehead atoms. The zero-order valence-electron chi connectivity index (χ0n) is 14.7. The highest BCUT2D eigenvalue weighted by Gasteiger charge is 2.29. The average Bonchev–Trinajstić information content (AvgIpc) is 2.65. The molecule has 0 radical (unpaired) electrons. The van der Waals surface area contributed by atoms with E-state index in [1.807, 2.05) is 48.5 Å². The standard InChI is InChI=1S/C22H16ClNO3S/c1-2-15-5-4-8-20-21(15)18-10-9-14(13-28(24,25)26)11-19(18)22(27-20)16-6-3-7-17(23)12-16/h1,3-12,22H,13H2,(H2,24,25,26). The lowest BCUT2D eigenvalue weighted by Crippen LogP contribution is -2.18. The number of terminal acetylenes is 1. The molecule has 140 valence electrons. The smallest absolute Gasteiger partial charge is 0.213 e. The minimum absolute atomic E-state index is 0.258. The molecule has 0 aromatic heterocycles. The Morgan fingerprint density at radius 2 is 1.89 bits per heavy atom. The molecule has 0 aliphatic carbocycles. The number of ether oxygens (including phenoxy) is 1. The third-order valence-electron chi connectivity index (χ3n) is 4.61. The molecule has 1 heterocycles. The normalized spacial score (nSPS) is 15.1. The molecule has 3 aromatic carbocycles. The number of halogens is 1. The zero-order valence-corrected chi connectivity index (χ0v) is 16.3.